The third-order valence-corrected chi connectivity index (χ3v) is 2.25. The van der Waals surface area contributed by atoms with Gasteiger partial charge in [0.05, 0.1) is 6.61 Å². The van der Waals surface area contributed by atoms with Crippen molar-refractivity contribution in [3.63, 3.8) is 0 Å². The van der Waals surface area contributed by atoms with Crippen LogP contribution in [0.2, 0.25) is 0 Å². The topological polar surface area (TPSA) is 64.3 Å². The highest BCUT2D eigenvalue weighted by atomic mass is 16.5. The highest BCUT2D eigenvalue weighted by molar-refractivity contribution is 5.76. The second kappa shape index (κ2) is 8.68. The van der Waals surface area contributed by atoms with E-state index in [0.29, 0.717) is 32.1 Å². The maximum atomic E-state index is 11.4. The van der Waals surface area contributed by atoms with E-state index in [9.17, 15) is 4.79 Å². The average molecular weight is 216 g/mol. The Labute approximate surface area is 92.6 Å². The van der Waals surface area contributed by atoms with Gasteiger partial charge < -0.3 is 15.8 Å². The Morgan fingerprint density at radius 1 is 1.47 bits per heavy atom. The monoisotopic (exact) mass is 216 g/mol. The summed E-state index contributed by atoms with van der Waals surface area (Å²) < 4.78 is 5.21. The Morgan fingerprint density at radius 3 is 2.67 bits per heavy atom. The zero-order chi connectivity index (χ0) is 11.7. The number of rotatable bonds is 8. The van der Waals surface area contributed by atoms with Gasteiger partial charge in [-0.15, -0.1) is 0 Å². The molecule has 0 aromatic heterocycles. The Hall–Kier alpha value is -0.610. The molecule has 0 heterocycles. The maximum Gasteiger partial charge on any atom is 0.220 e. The number of hydrogen-bond donors (Lipinski definition) is 2. The summed E-state index contributed by atoms with van der Waals surface area (Å²) in [5.41, 5.74) is 5.47. The minimum atomic E-state index is 0.0857. The van der Waals surface area contributed by atoms with Crippen molar-refractivity contribution in [3.8, 4) is 0 Å². The molecule has 0 aliphatic heterocycles. The Balaban J connectivity index is 3.55. The highest BCUT2D eigenvalue weighted by Gasteiger charge is 2.08. The van der Waals surface area contributed by atoms with Crippen LogP contribution in [0.1, 0.15) is 33.6 Å². The lowest BCUT2D eigenvalue weighted by molar-refractivity contribution is -0.122. The molecule has 15 heavy (non-hydrogen) atoms. The molecule has 0 bridgehead atoms. The quantitative estimate of drug-likeness (QED) is 0.633. The summed E-state index contributed by atoms with van der Waals surface area (Å²) in [6.07, 6.45) is 1.40. The van der Waals surface area contributed by atoms with Crippen molar-refractivity contribution in [1.82, 2.24) is 5.32 Å². The summed E-state index contributed by atoms with van der Waals surface area (Å²) in [6.45, 7) is 7.84. The number of nitrogens with two attached hydrogens (primary N) is 1. The Kier molecular flexibility index (Phi) is 8.33. The van der Waals surface area contributed by atoms with E-state index in [2.05, 4.69) is 12.2 Å². The summed E-state index contributed by atoms with van der Waals surface area (Å²) in [6, 6.07) is 0.0885. The van der Waals surface area contributed by atoms with Crippen LogP contribution in [0, 0.1) is 5.92 Å². The van der Waals surface area contributed by atoms with Crippen molar-refractivity contribution in [1.29, 1.82) is 0 Å². The van der Waals surface area contributed by atoms with Gasteiger partial charge in [0.25, 0.3) is 0 Å². The second-order valence-corrected chi connectivity index (χ2v) is 4.01. The van der Waals surface area contributed by atoms with Crippen molar-refractivity contribution >= 4 is 5.91 Å². The fourth-order valence-electron chi connectivity index (χ4n) is 1.18. The van der Waals surface area contributed by atoms with Crippen LogP contribution in [0.15, 0.2) is 0 Å². The molecule has 0 aromatic carbocycles. The predicted octanol–water partition coefficient (Wildman–Crippen LogP) is 0.903. The van der Waals surface area contributed by atoms with Gasteiger partial charge in [0.2, 0.25) is 5.91 Å². The molecule has 0 rings (SSSR count). The largest absolute Gasteiger partial charge is 0.380 e. The van der Waals surface area contributed by atoms with Crippen LogP contribution in [0.4, 0.5) is 0 Å². The molecule has 0 spiro atoms. The van der Waals surface area contributed by atoms with Gasteiger partial charge in [0.1, 0.15) is 0 Å². The molecule has 0 aliphatic rings. The molecule has 3 N–H and O–H groups in total. The zero-order valence-corrected chi connectivity index (χ0v) is 10.1. The number of ether oxygens (including phenoxy) is 1. The lowest BCUT2D eigenvalue weighted by Crippen LogP contribution is -2.36. The third-order valence-electron chi connectivity index (χ3n) is 2.25. The zero-order valence-electron chi connectivity index (χ0n) is 10.1. The molecule has 0 fully saturated rings. The molecule has 2 unspecified atom stereocenters. The van der Waals surface area contributed by atoms with Crippen LogP contribution in [0.25, 0.3) is 0 Å². The van der Waals surface area contributed by atoms with Crippen molar-refractivity contribution in [2.24, 2.45) is 11.7 Å². The molecule has 2 atom stereocenters. The van der Waals surface area contributed by atoms with E-state index in [0.717, 1.165) is 6.42 Å². The Morgan fingerprint density at radius 2 is 2.13 bits per heavy atom. The van der Waals surface area contributed by atoms with E-state index in [1.807, 2.05) is 13.8 Å². The summed E-state index contributed by atoms with van der Waals surface area (Å²) in [5.74, 6) is 0.500. The summed E-state index contributed by atoms with van der Waals surface area (Å²) >= 11 is 0. The van der Waals surface area contributed by atoms with Gasteiger partial charge in [-0.2, -0.15) is 0 Å². The van der Waals surface area contributed by atoms with Crippen molar-refractivity contribution in [2.75, 3.05) is 19.8 Å². The molecule has 4 heteroatoms. The van der Waals surface area contributed by atoms with E-state index in [-0.39, 0.29) is 11.9 Å². The Bertz CT molecular complexity index is 174. The number of nitrogens with one attached hydrogen (secondary N) is 1. The van der Waals surface area contributed by atoms with Crippen LogP contribution < -0.4 is 11.1 Å². The molecule has 4 nitrogen and oxygen atoms in total. The first-order chi connectivity index (χ1) is 7.10. The van der Waals surface area contributed by atoms with E-state index in [1.54, 1.807) is 0 Å². The van der Waals surface area contributed by atoms with Gasteiger partial charge in [-0.25, -0.2) is 0 Å². The molecular weight excluding hydrogens is 192 g/mol. The summed E-state index contributed by atoms with van der Waals surface area (Å²) in [5, 5.41) is 2.89. The highest BCUT2D eigenvalue weighted by Crippen LogP contribution is 2.02. The maximum absolute atomic E-state index is 11.4. The van der Waals surface area contributed by atoms with Crippen LogP contribution in [-0.4, -0.2) is 31.7 Å². The molecule has 0 aliphatic carbocycles. The van der Waals surface area contributed by atoms with Gasteiger partial charge in [0.15, 0.2) is 0 Å². The third kappa shape index (κ3) is 8.39. The molecule has 0 saturated heterocycles. The molecule has 0 saturated carbocycles. The molecular formula is C11H24N2O2. The first kappa shape index (κ1) is 14.4. The smallest absolute Gasteiger partial charge is 0.220 e. The minimum Gasteiger partial charge on any atom is -0.380 e. The van der Waals surface area contributed by atoms with E-state index in [1.165, 1.54) is 0 Å². The number of amides is 1. The number of hydrogen-bond acceptors (Lipinski definition) is 3. The van der Waals surface area contributed by atoms with Gasteiger partial charge >= 0.3 is 0 Å². The van der Waals surface area contributed by atoms with Crippen molar-refractivity contribution in [2.45, 2.75) is 39.7 Å². The van der Waals surface area contributed by atoms with Crippen molar-refractivity contribution in [3.05, 3.63) is 0 Å². The van der Waals surface area contributed by atoms with E-state index < -0.39 is 0 Å². The van der Waals surface area contributed by atoms with Crippen LogP contribution >= 0.6 is 0 Å². The molecule has 0 aromatic rings. The lowest BCUT2D eigenvalue weighted by atomic mass is 10.1. The standard InChI is InChI=1S/C11H24N2O2/c1-4-15-8-10(3)13-11(14)6-5-9(2)7-12/h9-10H,4-8,12H2,1-3H3,(H,13,14). The van der Waals surface area contributed by atoms with E-state index >= 15 is 0 Å². The minimum absolute atomic E-state index is 0.0857. The van der Waals surface area contributed by atoms with Gasteiger partial charge in [-0.3, -0.25) is 4.79 Å². The fourth-order valence-corrected chi connectivity index (χ4v) is 1.18. The molecule has 90 valence electrons. The van der Waals surface area contributed by atoms with Crippen LogP contribution in [-0.2, 0) is 9.53 Å². The first-order valence-corrected chi connectivity index (χ1v) is 5.67. The second-order valence-electron chi connectivity index (χ2n) is 4.01. The first-order valence-electron chi connectivity index (χ1n) is 5.67. The lowest BCUT2D eigenvalue weighted by Gasteiger charge is -2.14. The van der Waals surface area contributed by atoms with Gasteiger partial charge in [-0.1, -0.05) is 6.92 Å². The van der Waals surface area contributed by atoms with E-state index in [4.69, 9.17) is 10.5 Å². The fraction of sp³-hybridized carbons (Fsp3) is 0.909. The normalized spacial score (nSPS) is 14.7. The van der Waals surface area contributed by atoms with Gasteiger partial charge in [-0.05, 0) is 32.7 Å². The van der Waals surface area contributed by atoms with Crippen LogP contribution in [0.5, 0.6) is 0 Å². The summed E-state index contributed by atoms with van der Waals surface area (Å²) in [4.78, 5) is 11.4. The SMILES string of the molecule is CCOCC(C)NC(=O)CCC(C)CN. The number of carbonyl (C=O) groups excluding carboxylic acids is 1. The van der Waals surface area contributed by atoms with Crippen LogP contribution in [0.3, 0.4) is 0 Å². The summed E-state index contributed by atoms with van der Waals surface area (Å²) in [7, 11) is 0. The average Bonchev–Trinajstić information content (AvgIpc) is 2.22. The van der Waals surface area contributed by atoms with Crippen molar-refractivity contribution < 1.29 is 9.53 Å². The van der Waals surface area contributed by atoms with Gasteiger partial charge in [0, 0.05) is 19.1 Å². The predicted molar refractivity (Wildman–Crippen MR) is 61.6 cm³/mol. The molecule has 0 radical (unpaired) electrons. The number of carbonyl (C=O) groups is 1. The molecule has 1 amide bonds.